The Hall–Kier alpha value is -1.26. The number of benzene rings is 1. The number of aliphatic hydroxyl groups is 1. The molecule has 0 saturated heterocycles. The van der Waals surface area contributed by atoms with Gasteiger partial charge in [-0.3, -0.25) is 0 Å². The topological polar surface area (TPSA) is 41.9 Å². The summed E-state index contributed by atoms with van der Waals surface area (Å²) in [5.41, 5.74) is 0.866. The van der Waals surface area contributed by atoms with E-state index >= 15 is 0 Å². The lowest BCUT2D eigenvalue weighted by molar-refractivity contribution is 0.129. The highest BCUT2D eigenvalue weighted by Crippen LogP contribution is 2.31. The largest absolute Gasteiger partial charge is 0.490 e. The monoisotopic (exact) mass is 295 g/mol. The van der Waals surface area contributed by atoms with Gasteiger partial charge in [0.2, 0.25) is 0 Å². The van der Waals surface area contributed by atoms with Crippen LogP contribution in [-0.2, 0) is 0 Å². The van der Waals surface area contributed by atoms with Crippen LogP contribution >= 0.6 is 0 Å². The molecule has 21 heavy (non-hydrogen) atoms. The summed E-state index contributed by atoms with van der Waals surface area (Å²) in [6.07, 6.45) is 1.39. The van der Waals surface area contributed by atoms with Crippen LogP contribution in [0.3, 0.4) is 0 Å². The number of likely N-dealkylation sites (N-methyl/N-ethyl adjacent to an activating group) is 1. The van der Waals surface area contributed by atoms with Crippen LogP contribution in [0.25, 0.3) is 0 Å². The Labute approximate surface area is 128 Å². The molecule has 1 aromatic rings. The zero-order chi connectivity index (χ0) is 15.7. The first-order valence-electron chi connectivity index (χ1n) is 7.88. The van der Waals surface area contributed by atoms with Gasteiger partial charge < -0.3 is 19.5 Å². The molecule has 0 aliphatic heterocycles. The summed E-state index contributed by atoms with van der Waals surface area (Å²) in [7, 11) is 2.00. The fraction of sp³-hybridized carbons (Fsp3) is 0.647. The zero-order valence-electron chi connectivity index (χ0n) is 13.8. The third kappa shape index (κ3) is 5.94. The van der Waals surface area contributed by atoms with Crippen LogP contribution < -0.4 is 9.47 Å². The van der Waals surface area contributed by atoms with Crippen LogP contribution in [0.1, 0.15) is 45.3 Å². The van der Waals surface area contributed by atoms with Gasteiger partial charge >= 0.3 is 0 Å². The standard InChI is InChI=1S/C17H29NO3/c1-5-10-20-16-9-8-14(12-17(16)21-11-6-2)15(19)13-18(4)7-3/h8-9,12,15,19H,5-7,10-11,13H2,1-4H3. The Kier molecular flexibility index (Phi) is 8.16. The van der Waals surface area contributed by atoms with Gasteiger partial charge in [0, 0.05) is 6.54 Å². The first-order chi connectivity index (χ1) is 10.1. The van der Waals surface area contributed by atoms with Crippen molar-refractivity contribution in [3.63, 3.8) is 0 Å². The highest BCUT2D eigenvalue weighted by atomic mass is 16.5. The van der Waals surface area contributed by atoms with Gasteiger partial charge in [-0.05, 0) is 44.1 Å². The molecule has 0 radical (unpaired) electrons. The predicted molar refractivity (Wildman–Crippen MR) is 86.1 cm³/mol. The van der Waals surface area contributed by atoms with Gasteiger partial charge in [-0.25, -0.2) is 0 Å². The minimum Gasteiger partial charge on any atom is -0.490 e. The Morgan fingerprint density at radius 3 is 2.24 bits per heavy atom. The molecular weight excluding hydrogens is 266 g/mol. The van der Waals surface area contributed by atoms with Gasteiger partial charge in [0.1, 0.15) is 0 Å². The average molecular weight is 295 g/mol. The van der Waals surface area contributed by atoms with E-state index in [0.29, 0.717) is 19.8 Å². The molecule has 4 nitrogen and oxygen atoms in total. The first-order valence-corrected chi connectivity index (χ1v) is 7.88. The van der Waals surface area contributed by atoms with Gasteiger partial charge in [-0.1, -0.05) is 26.8 Å². The van der Waals surface area contributed by atoms with Crippen LogP contribution in [0, 0.1) is 0 Å². The fourth-order valence-electron chi connectivity index (χ4n) is 1.92. The molecule has 0 saturated carbocycles. The third-order valence-electron chi connectivity index (χ3n) is 3.30. The van der Waals surface area contributed by atoms with Crippen molar-refractivity contribution in [2.75, 3.05) is 33.4 Å². The van der Waals surface area contributed by atoms with Gasteiger partial charge in [-0.2, -0.15) is 0 Å². The molecule has 4 heteroatoms. The third-order valence-corrected chi connectivity index (χ3v) is 3.30. The van der Waals surface area contributed by atoms with Crippen molar-refractivity contribution in [2.45, 2.75) is 39.7 Å². The molecular formula is C17H29NO3. The van der Waals surface area contributed by atoms with E-state index in [1.165, 1.54) is 0 Å². The van der Waals surface area contributed by atoms with Gasteiger partial charge in [0.15, 0.2) is 11.5 Å². The number of ether oxygens (including phenoxy) is 2. The molecule has 0 fully saturated rings. The number of nitrogens with zero attached hydrogens (tertiary/aromatic N) is 1. The summed E-state index contributed by atoms with van der Waals surface area (Å²) in [6, 6.07) is 5.71. The lowest BCUT2D eigenvalue weighted by Crippen LogP contribution is -2.24. The normalized spacial score (nSPS) is 12.5. The van der Waals surface area contributed by atoms with Crippen LogP contribution in [0.5, 0.6) is 11.5 Å². The Bertz CT molecular complexity index is 409. The Morgan fingerprint density at radius 1 is 1.05 bits per heavy atom. The van der Waals surface area contributed by atoms with Crippen molar-refractivity contribution < 1.29 is 14.6 Å². The maximum atomic E-state index is 10.3. The molecule has 0 heterocycles. The second kappa shape index (κ2) is 9.64. The quantitative estimate of drug-likeness (QED) is 0.719. The molecule has 0 amide bonds. The molecule has 0 aliphatic rings. The van der Waals surface area contributed by atoms with Gasteiger partial charge in [-0.15, -0.1) is 0 Å². The summed E-state index contributed by atoms with van der Waals surface area (Å²) in [4.78, 5) is 2.08. The zero-order valence-corrected chi connectivity index (χ0v) is 13.8. The molecule has 1 rings (SSSR count). The van der Waals surface area contributed by atoms with Crippen LogP contribution in [0.15, 0.2) is 18.2 Å². The molecule has 1 N–H and O–H groups in total. The number of aliphatic hydroxyl groups excluding tert-OH is 1. The van der Waals surface area contributed by atoms with Crippen molar-refractivity contribution in [3.8, 4) is 11.5 Å². The molecule has 0 aromatic heterocycles. The van der Waals surface area contributed by atoms with Crippen molar-refractivity contribution >= 4 is 0 Å². The maximum absolute atomic E-state index is 10.3. The van der Waals surface area contributed by atoms with Crippen LogP contribution in [0.4, 0.5) is 0 Å². The molecule has 1 unspecified atom stereocenters. The fourth-order valence-corrected chi connectivity index (χ4v) is 1.92. The van der Waals surface area contributed by atoms with E-state index in [4.69, 9.17) is 9.47 Å². The smallest absolute Gasteiger partial charge is 0.161 e. The van der Waals surface area contributed by atoms with E-state index in [0.717, 1.165) is 36.4 Å². The van der Waals surface area contributed by atoms with Crippen molar-refractivity contribution in [1.29, 1.82) is 0 Å². The summed E-state index contributed by atoms with van der Waals surface area (Å²) in [5, 5.41) is 10.3. The van der Waals surface area contributed by atoms with E-state index in [1.54, 1.807) is 0 Å². The van der Waals surface area contributed by atoms with E-state index in [9.17, 15) is 5.11 Å². The van der Waals surface area contributed by atoms with Crippen LogP contribution in [-0.4, -0.2) is 43.4 Å². The van der Waals surface area contributed by atoms with Gasteiger partial charge in [0.25, 0.3) is 0 Å². The molecule has 1 atom stereocenters. The van der Waals surface area contributed by atoms with Gasteiger partial charge in [0.05, 0.1) is 19.3 Å². The lowest BCUT2D eigenvalue weighted by Gasteiger charge is -2.20. The molecule has 0 aliphatic carbocycles. The van der Waals surface area contributed by atoms with Crippen molar-refractivity contribution in [1.82, 2.24) is 4.90 Å². The molecule has 0 spiro atoms. The number of hydrogen-bond donors (Lipinski definition) is 1. The van der Waals surface area contributed by atoms with E-state index in [2.05, 4.69) is 25.7 Å². The van der Waals surface area contributed by atoms with Crippen molar-refractivity contribution in [2.24, 2.45) is 0 Å². The second-order valence-corrected chi connectivity index (χ2v) is 5.27. The Balaban J connectivity index is 2.86. The summed E-state index contributed by atoms with van der Waals surface area (Å²) >= 11 is 0. The SMILES string of the molecule is CCCOc1ccc(C(O)CN(C)CC)cc1OCCC. The number of hydrogen-bond acceptors (Lipinski definition) is 4. The summed E-state index contributed by atoms with van der Waals surface area (Å²) in [5.74, 6) is 1.48. The minimum absolute atomic E-state index is 0.515. The minimum atomic E-state index is -0.515. The van der Waals surface area contributed by atoms with Crippen molar-refractivity contribution in [3.05, 3.63) is 23.8 Å². The molecule has 0 bridgehead atoms. The predicted octanol–water partition coefficient (Wildman–Crippen LogP) is 3.25. The lowest BCUT2D eigenvalue weighted by atomic mass is 10.1. The summed E-state index contributed by atoms with van der Waals surface area (Å²) < 4.78 is 11.5. The average Bonchev–Trinajstić information content (AvgIpc) is 2.50. The van der Waals surface area contributed by atoms with Crippen LogP contribution in [0.2, 0.25) is 0 Å². The summed E-state index contributed by atoms with van der Waals surface area (Å²) in [6.45, 7) is 9.06. The first kappa shape index (κ1) is 17.8. The Morgan fingerprint density at radius 2 is 1.67 bits per heavy atom. The maximum Gasteiger partial charge on any atom is 0.161 e. The highest BCUT2D eigenvalue weighted by molar-refractivity contribution is 5.43. The second-order valence-electron chi connectivity index (χ2n) is 5.27. The van der Waals surface area contributed by atoms with E-state index < -0.39 is 6.10 Å². The van der Waals surface area contributed by atoms with E-state index in [1.807, 2.05) is 25.2 Å². The molecule has 1 aromatic carbocycles. The highest BCUT2D eigenvalue weighted by Gasteiger charge is 2.14. The van der Waals surface area contributed by atoms with E-state index in [-0.39, 0.29) is 0 Å². The molecule has 120 valence electrons. The number of rotatable bonds is 10.